The van der Waals surface area contributed by atoms with Gasteiger partial charge in [-0.05, 0) is 126 Å². The molecule has 0 spiro atoms. The van der Waals surface area contributed by atoms with Crippen molar-refractivity contribution in [3.05, 3.63) is 53.3 Å². The summed E-state index contributed by atoms with van der Waals surface area (Å²) in [4.78, 5) is 0. The molecule has 2 rings (SSSR count). The predicted octanol–water partition coefficient (Wildman–Crippen LogP) is 9.42. The topological polar surface area (TPSA) is 18.5 Å². The fourth-order valence-corrected chi connectivity index (χ4v) is 5.55. The van der Waals surface area contributed by atoms with Crippen LogP contribution in [0.3, 0.4) is 0 Å². The number of ether oxygens (including phenoxy) is 2. The Balaban J connectivity index is 2.45. The van der Waals surface area contributed by atoms with Gasteiger partial charge in [-0.2, -0.15) is 0 Å². The monoisotopic (exact) mass is 652 g/mol. The maximum Gasteiger partial charge on any atom is 0.148 e. The fraction of sp³-hybridized carbons (Fsp3) is 0.478. The highest BCUT2D eigenvalue weighted by Crippen LogP contribution is 2.44. The highest BCUT2D eigenvalue weighted by molar-refractivity contribution is 9.11. The van der Waals surface area contributed by atoms with Gasteiger partial charge in [0, 0.05) is 5.41 Å². The van der Waals surface area contributed by atoms with E-state index in [1.54, 1.807) is 0 Å². The average molecular weight is 656 g/mol. The first kappa shape index (κ1) is 25.2. The molecule has 0 bridgehead atoms. The first-order valence-electron chi connectivity index (χ1n) is 9.83. The van der Waals surface area contributed by atoms with Gasteiger partial charge in [0.05, 0.1) is 30.1 Å². The summed E-state index contributed by atoms with van der Waals surface area (Å²) in [5.74, 6) is 1.69. The van der Waals surface area contributed by atoms with E-state index >= 15 is 0 Å². The predicted molar refractivity (Wildman–Crippen MR) is 137 cm³/mol. The van der Waals surface area contributed by atoms with Crippen molar-refractivity contribution in [1.82, 2.24) is 0 Å². The van der Waals surface area contributed by atoms with E-state index in [0.29, 0.717) is 0 Å². The lowest BCUT2D eigenvalue weighted by molar-refractivity contribution is 0.214. The second kappa shape index (κ2) is 10.5. The molecule has 160 valence electrons. The van der Waals surface area contributed by atoms with Crippen molar-refractivity contribution in [2.45, 2.75) is 72.0 Å². The summed E-state index contributed by atoms with van der Waals surface area (Å²) in [7, 11) is 0. The summed E-state index contributed by atoms with van der Waals surface area (Å²) in [5, 5.41) is 0. The Hall–Kier alpha value is -0.0400. The van der Waals surface area contributed by atoms with E-state index in [4.69, 9.17) is 9.47 Å². The molecule has 2 aromatic carbocycles. The molecule has 0 aromatic heterocycles. The summed E-state index contributed by atoms with van der Waals surface area (Å²) in [5.41, 5.74) is 2.14. The van der Waals surface area contributed by atoms with Crippen molar-refractivity contribution in [2.24, 2.45) is 0 Å². The molecular formula is C23H28Br4O2. The number of hydrogen-bond acceptors (Lipinski definition) is 2. The van der Waals surface area contributed by atoms with E-state index in [1.807, 2.05) is 0 Å². The van der Waals surface area contributed by atoms with Crippen LogP contribution in [0.25, 0.3) is 0 Å². The van der Waals surface area contributed by atoms with Gasteiger partial charge < -0.3 is 9.47 Å². The summed E-state index contributed by atoms with van der Waals surface area (Å²) >= 11 is 14.8. The largest absolute Gasteiger partial charge is 0.488 e. The Morgan fingerprint density at radius 2 is 0.966 bits per heavy atom. The van der Waals surface area contributed by atoms with E-state index in [1.165, 1.54) is 11.1 Å². The molecule has 0 aliphatic rings. The van der Waals surface area contributed by atoms with Gasteiger partial charge in [-0.15, -0.1) is 0 Å². The fourth-order valence-electron chi connectivity index (χ4n) is 2.80. The summed E-state index contributed by atoms with van der Waals surface area (Å²) in [6, 6.07) is 8.59. The third-order valence-electron chi connectivity index (χ3n) is 5.23. The van der Waals surface area contributed by atoms with Crippen molar-refractivity contribution in [2.75, 3.05) is 0 Å². The molecule has 0 radical (unpaired) electrons. The van der Waals surface area contributed by atoms with Crippen LogP contribution in [0.4, 0.5) is 0 Å². The summed E-state index contributed by atoms with van der Waals surface area (Å²) in [6.45, 7) is 12.8. The van der Waals surface area contributed by atoms with Gasteiger partial charge in [0.2, 0.25) is 0 Å². The molecule has 0 heterocycles. The van der Waals surface area contributed by atoms with Crippen LogP contribution in [0, 0.1) is 0 Å². The van der Waals surface area contributed by atoms with E-state index < -0.39 is 0 Å². The standard InChI is InChI=1S/C23H28Br4O2/c1-7-13(3)28-21-17(24)9-15(10-18(21)25)23(5,6)16-11-19(26)22(20(27)12-16)29-14(4)8-2/h9-14H,7-8H2,1-6H3. The lowest BCUT2D eigenvalue weighted by Gasteiger charge is -2.29. The van der Waals surface area contributed by atoms with Gasteiger partial charge in [0.15, 0.2) is 0 Å². The molecule has 2 nitrogen and oxygen atoms in total. The minimum Gasteiger partial charge on any atom is -0.488 e. The molecule has 6 heteroatoms. The Labute approximate surface area is 208 Å². The Morgan fingerprint density at radius 1 is 0.690 bits per heavy atom. The smallest absolute Gasteiger partial charge is 0.148 e. The van der Waals surface area contributed by atoms with E-state index in [9.17, 15) is 0 Å². The molecule has 0 saturated carbocycles. The first-order chi connectivity index (χ1) is 13.5. The normalized spacial score (nSPS) is 13.9. The van der Waals surface area contributed by atoms with Crippen LogP contribution in [0.5, 0.6) is 11.5 Å². The molecule has 0 N–H and O–H groups in total. The molecular weight excluding hydrogens is 628 g/mol. The molecule has 2 aromatic rings. The molecule has 0 fully saturated rings. The lowest BCUT2D eigenvalue weighted by Crippen LogP contribution is -2.20. The minimum absolute atomic E-state index is 0.159. The molecule has 0 aliphatic heterocycles. The van der Waals surface area contributed by atoms with Crippen molar-refractivity contribution in [3.63, 3.8) is 0 Å². The van der Waals surface area contributed by atoms with E-state index in [-0.39, 0.29) is 17.6 Å². The third kappa shape index (κ3) is 6.02. The van der Waals surface area contributed by atoms with Crippen LogP contribution in [-0.2, 0) is 5.41 Å². The van der Waals surface area contributed by atoms with E-state index in [2.05, 4.69) is 130 Å². The van der Waals surface area contributed by atoms with Gasteiger partial charge >= 0.3 is 0 Å². The van der Waals surface area contributed by atoms with Crippen molar-refractivity contribution >= 4 is 63.7 Å². The SMILES string of the molecule is CCC(C)Oc1c(Br)cc(C(C)(C)c2cc(Br)c(OC(C)CC)c(Br)c2)cc1Br. The van der Waals surface area contributed by atoms with Gasteiger partial charge in [-0.1, -0.05) is 27.7 Å². The van der Waals surface area contributed by atoms with Gasteiger partial charge in [0.25, 0.3) is 0 Å². The van der Waals surface area contributed by atoms with Gasteiger partial charge in [0.1, 0.15) is 11.5 Å². The highest BCUT2D eigenvalue weighted by atomic mass is 79.9. The van der Waals surface area contributed by atoms with Crippen molar-refractivity contribution in [1.29, 1.82) is 0 Å². The molecule has 0 amide bonds. The van der Waals surface area contributed by atoms with Crippen molar-refractivity contribution < 1.29 is 9.47 Å². The molecule has 2 unspecified atom stereocenters. The molecule has 0 aliphatic carbocycles. The number of halogens is 4. The molecule has 0 saturated heterocycles. The zero-order chi connectivity index (χ0) is 21.9. The van der Waals surface area contributed by atoms with Crippen LogP contribution in [0.1, 0.15) is 65.5 Å². The summed E-state index contributed by atoms with van der Waals surface area (Å²) in [6.07, 6.45) is 2.23. The maximum absolute atomic E-state index is 6.07. The Morgan fingerprint density at radius 3 is 1.21 bits per heavy atom. The number of rotatable bonds is 8. The zero-order valence-electron chi connectivity index (χ0n) is 17.7. The summed E-state index contributed by atoms with van der Waals surface area (Å²) < 4.78 is 15.9. The first-order valence-corrected chi connectivity index (χ1v) is 13.0. The Kier molecular flexibility index (Phi) is 9.15. The highest BCUT2D eigenvalue weighted by Gasteiger charge is 2.27. The van der Waals surface area contributed by atoms with Crippen LogP contribution < -0.4 is 9.47 Å². The second-order valence-corrected chi connectivity index (χ2v) is 11.3. The van der Waals surface area contributed by atoms with Gasteiger partial charge in [-0.25, -0.2) is 0 Å². The lowest BCUT2D eigenvalue weighted by atomic mass is 9.78. The van der Waals surface area contributed by atoms with Gasteiger partial charge in [-0.3, -0.25) is 0 Å². The van der Waals surface area contributed by atoms with Crippen LogP contribution in [0.2, 0.25) is 0 Å². The number of hydrogen-bond donors (Lipinski definition) is 0. The maximum atomic E-state index is 6.07. The van der Waals surface area contributed by atoms with Crippen LogP contribution in [0.15, 0.2) is 42.2 Å². The molecule has 29 heavy (non-hydrogen) atoms. The number of benzene rings is 2. The van der Waals surface area contributed by atoms with Crippen LogP contribution >= 0.6 is 63.7 Å². The molecule has 2 atom stereocenters. The van der Waals surface area contributed by atoms with E-state index in [0.717, 1.165) is 42.2 Å². The minimum atomic E-state index is -0.222. The van der Waals surface area contributed by atoms with Crippen LogP contribution in [-0.4, -0.2) is 12.2 Å². The second-order valence-electron chi connectivity index (χ2n) is 7.84. The quantitative estimate of drug-likeness (QED) is 0.282. The van der Waals surface area contributed by atoms with Crippen molar-refractivity contribution in [3.8, 4) is 11.5 Å². The third-order valence-corrected chi connectivity index (χ3v) is 7.58. The average Bonchev–Trinajstić information content (AvgIpc) is 2.66. The zero-order valence-corrected chi connectivity index (χ0v) is 24.1. The Bertz CT molecular complexity index is 748.